The average Bonchev–Trinajstić information content (AvgIpc) is 2.79. The van der Waals surface area contributed by atoms with Gasteiger partial charge in [0.05, 0.1) is 0 Å². The maximum atomic E-state index is 11.2. The normalized spacial score (nSPS) is 10.4. The number of aromatic nitrogens is 5. The molecule has 2 rings (SSSR count). The molecule has 0 unspecified atom stereocenters. The van der Waals surface area contributed by atoms with Crippen molar-refractivity contribution < 1.29 is 0 Å². The van der Waals surface area contributed by atoms with E-state index in [0.29, 0.717) is 6.54 Å². The topological polar surface area (TPSA) is 119 Å². The number of rotatable bonds is 5. The highest BCUT2D eigenvalue weighted by atomic mass is 16.2. The Bertz CT molecular complexity index is 570. The first-order valence-electron chi connectivity index (χ1n) is 5.17. The molecule has 2 aromatic rings. The minimum absolute atomic E-state index is 0.115. The third kappa shape index (κ3) is 3.03. The van der Waals surface area contributed by atoms with Gasteiger partial charge in [-0.15, -0.1) is 5.10 Å². The molecule has 0 aromatic carbocycles. The molecule has 0 saturated carbocycles. The molecule has 0 aliphatic heterocycles. The number of hydrogen-bond acceptors (Lipinski definition) is 5. The molecule has 8 nitrogen and oxygen atoms in total. The van der Waals surface area contributed by atoms with Crippen LogP contribution in [0.3, 0.4) is 0 Å². The zero-order valence-corrected chi connectivity index (χ0v) is 8.99. The van der Waals surface area contributed by atoms with Crippen molar-refractivity contribution in [1.82, 2.24) is 25.1 Å². The van der Waals surface area contributed by atoms with Crippen LogP contribution in [-0.4, -0.2) is 31.7 Å². The van der Waals surface area contributed by atoms with Gasteiger partial charge in [-0.1, -0.05) is 0 Å². The molecule has 90 valence electrons. The Morgan fingerprint density at radius 1 is 1.35 bits per heavy atom. The molecule has 8 heteroatoms. The van der Waals surface area contributed by atoms with Gasteiger partial charge < -0.3 is 10.3 Å². The van der Waals surface area contributed by atoms with E-state index in [1.807, 2.05) is 0 Å². The Morgan fingerprint density at radius 3 is 2.94 bits per heavy atom. The first kappa shape index (κ1) is 11.1. The second kappa shape index (κ2) is 5.10. The number of imidazole rings is 1. The van der Waals surface area contributed by atoms with Crippen LogP contribution in [-0.2, 0) is 6.42 Å². The lowest BCUT2D eigenvalue weighted by Crippen LogP contribution is -2.27. The van der Waals surface area contributed by atoms with Crippen molar-refractivity contribution in [3.05, 3.63) is 39.1 Å². The predicted octanol–water partition coefficient (Wildman–Crippen LogP) is -0.774. The molecule has 2 aromatic heterocycles. The third-order valence-electron chi connectivity index (χ3n) is 2.15. The van der Waals surface area contributed by atoms with Gasteiger partial charge in [-0.3, -0.25) is 9.78 Å². The summed E-state index contributed by atoms with van der Waals surface area (Å²) < 4.78 is 0. The van der Waals surface area contributed by atoms with Gasteiger partial charge >= 0.3 is 5.69 Å². The Balaban J connectivity index is 1.82. The van der Waals surface area contributed by atoms with Gasteiger partial charge in [0, 0.05) is 25.4 Å². The lowest BCUT2D eigenvalue weighted by molar-refractivity contribution is 0.802. The smallest absolute Gasteiger partial charge is 0.342 e. The van der Waals surface area contributed by atoms with E-state index in [9.17, 15) is 9.59 Å². The minimum Gasteiger partial charge on any atom is -0.364 e. The Hall–Kier alpha value is -2.38. The SMILES string of the molecule is O=c1[nH]nc(NCCCc2ncc[nH]2)c(=O)[nH]1. The molecule has 0 radical (unpaired) electrons. The lowest BCUT2D eigenvalue weighted by Gasteiger charge is -2.02. The van der Waals surface area contributed by atoms with Crippen molar-refractivity contribution in [1.29, 1.82) is 0 Å². The van der Waals surface area contributed by atoms with E-state index in [2.05, 4.69) is 30.5 Å². The van der Waals surface area contributed by atoms with Crippen molar-refractivity contribution in [2.45, 2.75) is 12.8 Å². The summed E-state index contributed by atoms with van der Waals surface area (Å²) >= 11 is 0. The van der Waals surface area contributed by atoms with E-state index >= 15 is 0 Å². The number of hydrogen-bond donors (Lipinski definition) is 4. The summed E-state index contributed by atoms with van der Waals surface area (Å²) in [5.41, 5.74) is -1.14. The van der Waals surface area contributed by atoms with E-state index < -0.39 is 11.2 Å². The van der Waals surface area contributed by atoms with Crippen LogP contribution in [0.4, 0.5) is 5.82 Å². The van der Waals surface area contributed by atoms with Gasteiger partial charge in [0.25, 0.3) is 5.56 Å². The average molecular weight is 236 g/mol. The van der Waals surface area contributed by atoms with Crippen molar-refractivity contribution in [2.24, 2.45) is 0 Å². The number of aryl methyl sites for hydroxylation is 1. The Labute approximate surface area is 95.5 Å². The summed E-state index contributed by atoms with van der Waals surface area (Å²) in [6, 6.07) is 0. The van der Waals surface area contributed by atoms with E-state index in [0.717, 1.165) is 18.7 Å². The molecule has 0 atom stereocenters. The molecule has 0 bridgehead atoms. The number of nitrogens with one attached hydrogen (secondary N) is 4. The Kier molecular flexibility index (Phi) is 3.34. The quantitative estimate of drug-likeness (QED) is 0.508. The maximum absolute atomic E-state index is 11.2. The van der Waals surface area contributed by atoms with Crippen LogP contribution in [0.1, 0.15) is 12.2 Å². The first-order valence-corrected chi connectivity index (χ1v) is 5.17. The second-order valence-electron chi connectivity index (χ2n) is 3.42. The molecule has 0 spiro atoms. The van der Waals surface area contributed by atoms with E-state index in [-0.39, 0.29) is 5.82 Å². The van der Waals surface area contributed by atoms with Crippen molar-refractivity contribution in [2.75, 3.05) is 11.9 Å². The molecular formula is C9H12N6O2. The monoisotopic (exact) mass is 236 g/mol. The fraction of sp³-hybridized carbons (Fsp3) is 0.333. The van der Waals surface area contributed by atoms with Gasteiger partial charge in [0.2, 0.25) is 5.82 Å². The van der Waals surface area contributed by atoms with Gasteiger partial charge in [0.1, 0.15) is 5.82 Å². The summed E-state index contributed by atoms with van der Waals surface area (Å²) in [5, 5.41) is 8.59. The summed E-state index contributed by atoms with van der Waals surface area (Å²) in [4.78, 5) is 31.1. The van der Waals surface area contributed by atoms with Gasteiger partial charge in [-0.05, 0) is 6.42 Å². The summed E-state index contributed by atoms with van der Waals surface area (Å²) in [7, 11) is 0. The number of anilines is 1. The van der Waals surface area contributed by atoms with Crippen LogP contribution < -0.4 is 16.6 Å². The molecule has 0 fully saturated rings. The predicted molar refractivity (Wildman–Crippen MR) is 60.9 cm³/mol. The first-order chi connectivity index (χ1) is 8.25. The zero-order chi connectivity index (χ0) is 12.1. The molecular weight excluding hydrogens is 224 g/mol. The van der Waals surface area contributed by atoms with E-state index in [1.54, 1.807) is 12.4 Å². The van der Waals surface area contributed by atoms with Crippen molar-refractivity contribution >= 4 is 5.82 Å². The standard InChI is InChI=1S/C9H12N6O2/c16-8-7(14-15-9(17)13-8)12-3-1-2-6-10-4-5-11-6/h4-5H,1-3H2,(H,10,11)(H,12,14)(H2,13,15,16,17). The zero-order valence-electron chi connectivity index (χ0n) is 8.99. The van der Waals surface area contributed by atoms with E-state index in [4.69, 9.17) is 0 Å². The third-order valence-corrected chi connectivity index (χ3v) is 2.15. The molecule has 0 aliphatic rings. The molecule has 0 amide bonds. The highest BCUT2D eigenvalue weighted by Gasteiger charge is 2.01. The summed E-state index contributed by atoms with van der Waals surface area (Å²) in [6.45, 7) is 0.572. The van der Waals surface area contributed by atoms with E-state index in [1.165, 1.54) is 0 Å². The highest BCUT2D eigenvalue weighted by Crippen LogP contribution is 1.95. The molecule has 2 heterocycles. The fourth-order valence-electron chi connectivity index (χ4n) is 1.36. The van der Waals surface area contributed by atoms with Crippen molar-refractivity contribution in [3.63, 3.8) is 0 Å². The minimum atomic E-state index is -0.615. The van der Waals surface area contributed by atoms with Gasteiger partial charge in [-0.2, -0.15) is 0 Å². The van der Waals surface area contributed by atoms with Crippen LogP contribution in [0, 0.1) is 0 Å². The fourth-order valence-corrected chi connectivity index (χ4v) is 1.36. The molecule has 0 aliphatic carbocycles. The van der Waals surface area contributed by atoms with Gasteiger partial charge in [0.15, 0.2) is 0 Å². The van der Waals surface area contributed by atoms with Gasteiger partial charge in [-0.25, -0.2) is 14.9 Å². The molecule has 4 N–H and O–H groups in total. The maximum Gasteiger partial charge on any atom is 0.342 e. The van der Waals surface area contributed by atoms with Crippen molar-refractivity contribution in [3.8, 4) is 0 Å². The Morgan fingerprint density at radius 2 is 2.24 bits per heavy atom. The van der Waals surface area contributed by atoms with Crippen LogP contribution in [0.25, 0.3) is 0 Å². The summed E-state index contributed by atoms with van der Waals surface area (Å²) in [6.07, 6.45) is 5.03. The van der Waals surface area contributed by atoms with Crippen LogP contribution in [0.2, 0.25) is 0 Å². The van der Waals surface area contributed by atoms with Crippen LogP contribution in [0.15, 0.2) is 22.0 Å². The number of nitrogens with zero attached hydrogens (tertiary/aromatic N) is 2. The highest BCUT2D eigenvalue weighted by molar-refractivity contribution is 5.28. The summed E-state index contributed by atoms with van der Waals surface area (Å²) in [5.74, 6) is 1.01. The lowest BCUT2D eigenvalue weighted by atomic mass is 10.3. The molecule has 0 saturated heterocycles. The number of aromatic amines is 3. The second-order valence-corrected chi connectivity index (χ2v) is 3.42. The van der Waals surface area contributed by atoms with Crippen LogP contribution >= 0.6 is 0 Å². The number of H-pyrrole nitrogens is 3. The van der Waals surface area contributed by atoms with Crippen LogP contribution in [0.5, 0.6) is 0 Å². The molecule has 17 heavy (non-hydrogen) atoms. The largest absolute Gasteiger partial charge is 0.364 e.